The summed E-state index contributed by atoms with van der Waals surface area (Å²) in [6.07, 6.45) is 0.875. The van der Waals surface area contributed by atoms with E-state index in [0.29, 0.717) is 22.8 Å². The Morgan fingerprint density at radius 2 is 1.72 bits per heavy atom. The molecular weight excluding hydrogens is 442 g/mol. The topological polar surface area (TPSA) is 52.7 Å². The highest BCUT2D eigenvalue weighted by Crippen LogP contribution is 2.18. The summed E-state index contributed by atoms with van der Waals surface area (Å²) < 4.78 is 0. The van der Waals surface area contributed by atoms with Crippen LogP contribution >= 0.6 is 22.9 Å². The number of hydrogen-bond donors (Lipinski definition) is 1. The fraction of sp³-hybridized carbons (Fsp3) is 0.280. The molecule has 0 bridgehead atoms. The number of nitrogens with zero attached hydrogens (tertiary/aromatic N) is 2. The molecule has 2 aromatic carbocycles. The Labute approximate surface area is 198 Å². The van der Waals surface area contributed by atoms with Crippen LogP contribution in [0.3, 0.4) is 0 Å². The number of hydrogen-bond acceptors (Lipinski definition) is 4. The average Bonchev–Trinajstić information content (AvgIpc) is 3.27. The second-order valence-electron chi connectivity index (χ2n) is 7.99. The van der Waals surface area contributed by atoms with E-state index >= 15 is 0 Å². The lowest BCUT2D eigenvalue weighted by atomic mass is 10.1. The molecule has 0 aliphatic carbocycles. The molecule has 1 N–H and O–H groups in total. The molecule has 1 heterocycles. The second kappa shape index (κ2) is 11.3. The van der Waals surface area contributed by atoms with E-state index in [2.05, 4.69) is 28.6 Å². The van der Waals surface area contributed by atoms with Gasteiger partial charge in [0.25, 0.3) is 5.91 Å². The number of thiophene rings is 1. The number of carbonyl (C=O) groups is 2. The SMILES string of the molecule is CC(Cc1cccs1)N(CC(=O)Nc1ccc(C(=O)N(C)C)cc1)Cc1ccc(Cl)cc1. The first-order valence-corrected chi connectivity index (χ1v) is 11.7. The van der Waals surface area contributed by atoms with Crippen LogP contribution in [0.2, 0.25) is 5.02 Å². The Hall–Kier alpha value is -2.67. The number of anilines is 1. The van der Waals surface area contributed by atoms with Gasteiger partial charge in [0.1, 0.15) is 0 Å². The maximum Gasteiger partial charge on any atom is 0.253 e. The van der Waals surface area contributed by atoms with Gasteiger partial charge in [0.2, 0.25) is 5.91 Å². The monoisotopic (exact) mass is 469 g/mol. The average molecular weight is 470 g/mol. The Morgan fingerprint density at radius 1 is 1.03 bits per heavy atom. The van der Waals surface area contributed by atoms with E-state index < -0.39 is 0 Å². The summed E-state index contributed by atoms with van der Waals surface area (Å²) in [6, 6.07) is 19.0. The molecule has 3 aromatic rings. The highest BCUT2D eigenvalue weighted by Gasteiger charge is 2.19. The lowest BCUT2D eigenvalue weighted by Gasteiger charge is -2.28. The third kappa shape index (κ3) is 6.92. The first kappa shape index (κ1) is 24.0. The summed E-state index contributed by atoms with van der Waals surface area (Å²) in [4.78, 5) is 29.9. The van der Waals surface area contributed by atoms with Gasteiger partial charge >= 0.3 is 0 Å². The van der Waals surface area contributed by atoms with E-state index in [1.807, 2.05) is 30.3 Å². The zero-order chi connectivity index (χ0) is 23.1. The lowest BCUT2D eigenvalue weighted by molar-refractivity contribution is -0.118. The maximum atomic E-state index is 12.9. The normalized spacial score (nSPS) is 11.9. The van der Waals surface area contributed by atoms with Gasteiger partial charge in [0.15, 0.2) is 0 Å². The van der Waals surface area contributed by atoms with Crippen LogP contribution in [0.25, 0.3) is 0 Å². The fourth-order valence-electron chi connectivity index (χ4n) is 3.38. The minimum Gasteiger partial charge on any atom is -0.345 e. The molecule has 0 fully saturated rings. The van der Waals surface area contributed by atoms with Crippen LogP contribution in [0.1, 0.15) is 27.7 Å². The van der Waals surface area contributed by atoms with Gasteiger partial charge in [-0.15, -0.1) is 11.3 Å². The van der Waals surface area contributed by atoms with E-state index in [4.69, 9.17) is 11.6 Å². The molecule has 0 saturated carbocycles. The Morgan fingerprint density at radius 3 is 2.31 bits per heavy atom. The largest absolute Gasteiger partial charge is 0.345 e. The molecule has 0 aliphatic heterocycles. The van der Waals surface area contributed by atoms with Crippen molar-refractivity contribution in [2.75, 3.05) is 26.0 Å². The van der Waals surface area contributed by atoms with Crippen LogP contribution in [-0.4, -0.2) is 48.3 Å². The van der Waals surface area contributed by atoms with Crippen molar-refractivity contribution in [1.82, 2.24) is 9.80 Å². The zero-order valence-corrected chi connectivity index (χ0v) is 20.1. The van der Waals surface area contributed by atoms with Crippen LogP contribution in [-0.2, 0) is 17.8 Å². The van der Waals surface area contributed by atoms with E-state index in [1.165, 1.54) is 9.78 Å². The van der Waals surface area contributed by atoms with Crippen LogP contribution in [0.15, 0.2) is 66.0 Å². The third-order valence-electron chi connectivity index (χ3n) is 5.17. The minimum absolute atomic E-state index is 0.0700. The minimum atomic E-state index is -0.0938. The molecule has 1 aromatic heterocycles. The first-order valence-electron chi connectivity index (χ1n) is 10.4. The fourth-order valence-corrected chi connectivity index (χ4v) is 4.33. The molecule has 3 rings (SSSR count). The van der Waals surface area contributed by atoms with Gasteiger partial charge in [0, 0.05) is 47.8 Å². The van der Waals surface area contributed by atoms with Crippen LogP contribution < -0.4 is 5.32 Å². The summed E-state index contributed by atoms with van der Waals surface area (Å²) >= 11 is 7.76. The van der Waals surface area contributed by atoms with Crippen molar-refractivity contribution in [3.63, 3.8) is 0 Å². The zero-order valence-electron chi connectivity index (χ0n) is 18.5. The van der Waals surface area contributed by atoms with Gasteiger partial charge in [-0.3, -0.25) is 14.5 Å². The van der Waals surface area contributed by atoms with E-state index in [0.717, 1.165) is 12.0 Å². The summed E-state index contributed by atoms with van der Waals surface area (Å²) in [5.74, 6) is -0.164. The molecule has 1 atom stereocenters. The number of rotatable bonds is 9. The van der Waals surface area contributed by atoms with Gasteiger partial charge < -0.3 is 10.2 Å². The van der Waals surface area contributed by atoms with Gasteiger partial charge in [-0.05, 0) is 66.8 Å². The van der Waals surface area contributed by atoms with E-state index in [1.54, 1.807) is 49.7 Å². The Bertz CT molecular complexity index is 1020. The highest BCUT2D eigenvalue weighted by molar-refractivity contribution is 7.09. The van der Waals surface area contributed by atoms with Gasteiger partial charge in [-0.1, -0.05) is 29.8 Å². The summed E-state index contributed by atoms with van der Waals surface area (Å²) in [5.41, 5.74) is 2.36. The van der Waals surface area contributed by atoms with Gasteiger partial charge in [0.05, 0.1) is 6.54 Å². The first-order chi connectivity index (χ1) is 15.3. The van der Waals surface area contributed by atoms with Crippen molar-refractivity contribution >= 4 is 40.4 Å². The molecule has 0 saturated heterocycles. The number of carbonyl (C=O) groups excluding carboxylic acids is 2. The lowest BCUT2D eigenvalue weighted by Crippen LogP contribution is -2.40. The van der Waals surface area contributed by atoms with Gasteiger partial charge in [-0.25, -0.2) is 0 Å². The summed E-state index contributed by atoms with van der Waals surface area (Å²) in [7, 11) is 3.43. The number of amides is 2. The van der Waals surface area contributed by atoms with Crippen molar-refractivity contribution in [3.05, 3.63) is 87.1 Å². The van der Waals surface area contributed by atoms with Crippen molar-refractivity contribution in [2.24, 2.45) is 0 Å². The molecule has 0 aliphatic rings. The molecule has 2 amide bonds. The highest BCUT2D eigenvalue weighted by atomic mass is 35.5. The summed E-state index contributed by atoms with van der Waals surface area (Å²) in [5, 5.41) is 5.72. The van der Waals surface area contributed by atoms with E-state index in [-0.39, 0.29) is 24.4 Å². The molecule has 0 spiro atoms. The van der Waals surface area contributed by atoms with Crippen LogP contribution in [0, 0.1) is 0 Å². The van der Waals surface area contributed by atoms with Crippen molar-refractivity contribution in [1.29, 1.82) is 0 Å². The Kier molecular flexibility index (Phi) is 8.45. The van der Waals surface area contributed by atoms with E-state index in [9.17, 15) is 9.59 Å². The molecular formula is C25H28ClN3O2S. The maximum absolute atomic E-state index is 12.9. The second-order valence-corrected chi connectivity index (χ2v) is 9.46. The molecule has 1 unspecified atom stereocenters. The quantitative estimate of drug-likeness (QED) is 0.470. The number of nitrogens with one attached hydrogen (secondary N) is 1. The predicted molar refractivity (Wildman–Crippen MR) is 132 cm³/mol. The standard InChI is InChI=1S/C25H28ClN3O2S/c1-18(15-23-5-4-14-32-23)29(16-19-6-10-21(26)11-7-19)17-24(30)27-22-12-8-20(9-13-22)25(31)28(2)3/h4-14,18H,15-17H2,1-3H3,(H,27,30). The molecule has 7 heteroatoms. The summed E-state index contributed by atoms with van der Waals surface area (Å²) in [6.45, 7) is 3.05. The number of benzene rings is 2. The molecule has 5 nitrogen and oxygen atoms in total. The predicted octanol–water partition coefficient (Wildman–Crippen LogP) is 5.18. The smallest absolute Gasteiger partial charge is 0.253 e. The van der Waals surface area contributed by atoms with Crippen molar-refractivity contribution < 1.29 is 9.59 Å². The van der Waals surface area contributed by atoms with Crippen molar-refractivity contribution in [2.45, 2.75) is 25.9 Å². The van der Waals surface area contributed by atoms with Crippen LogP contribution in [0.5, 0.6) is 0 Å². The van der Waals surface area contributed by atoms with Crippen LogP contribution in [0.4, 0.5) is 5.69 Å². The van der Waals surface area contributed by atoms with Gasteiger partial charge in [-0.2, -0.15) is 0 Å². The molecule has 0 radical (unpaired) electrons. The number of halogens is 1. The third-order valence-corrected chi connectivity index (χ3v) is 6.32. The molecule has 32 heavy (non-hydrogen) atoms. The van der Waals surface area contributed by atoms with Crippen molar-refractivity contribution in [3.8, 4) is 0 Å². The molecule has 168 valence electrons. The Balaban J connectivity index is 1.67.